The average molecular weight is 888 g/mol. The maximum absolute atomic E-state index is 14.5. The minimum absolute atomic E-state index is 0.317. The first-order chi connectivity index (χ1) is 30.7. The fourth-order valence-electron chi connectivity index (χ4n) is 9.89. The molecular formula is C56H52Cl2N2O4. The highest BCUT2D eigenvalue weighted by atomic mass is 35.5. The molecule has 0 fully saturated rings. The van der Waals surface area contributed by atoms with Gasteiger partial charge in [-0.05, 0) is 161 Å². The van der Waals surface area contributed by atoms with Crippen molar-refractivity contribution >= 4 is 101 Å². The number of anilines is 2. The number of carbonyl (C=O) groups is 4. The van der Waals surface area contributed by atoms with Gasteiger partial charge >= 0.3 is 0 Å². The van der Waals surface area contributed by atoms with E-state index < -0.39 is 23.6 Å². The van der Waals surface area contributed by atoms with Crippen LogP contribution in [-0.2, 0) is 12.8 Å². The number of benzene rings is 7. The van der Waals surface area contributed by atoms with Gasteiger partial charge in [0.25, 0.3) is 23.6 Å². The second-order valence-electron chi connectivity index (χ2n) is 18.6. The Labute approximate surface area is 384 Å². The molecule has 0 saturated heterocycles. The van der Waals surface area contributed by atoms with E-state index in [9.17, 15) is 19.2 Å². The smallest absolute Gasteiger partial charge is 0.266 e. The first-order valence-corrected chi connectivity index (χ1v) is 23.3. The first kappa shape index (κ1) is 43.4. The number of nitrogens with zero attached hydrogens (tertiary/aromatic N) is 2. The molecule has 2 aliphatic rings. The molecule has 2 heterocycles. The standard InChI is InChI=1S/C56H52Cl2N2O4/c1-31(2)9-7-11-33(5)13-15-35-17-21-37(22-18-35)59-53(61)41-27-25-39-50-46(58)30-44-48-42(28-26-40(52(48)50)49-45(57)29-43(55(59)63)47(41)51(39)49)54(62)60(56(44)64)38-23-19-36(20-24-38)16-14-34(6)12-8-10-32(3)4/h9-10,17-30,33-34H,7-8,11-16H2,1-6H3/t33-,34-/m0/s1. The van der Waals surface area contributed by atoms with Gasteiger partial charge in [0.15, 0.2) is 0 Å². The summed E-state index contributed by atoms with van der Waals surface area (Å²) in [7, 11) is 0. The second-order valence-corrected chi connectivity index (χ2v) is 19.4. The molecule has 4 amide bonds. The van der Waals surface area contributed by atoms with Gasteiger partial charge in [-0.25, -0.2) is 9.80 Å². The molecule has 0 radical (unpaired) electrons. The number of aryl methyl sites for hydroxylation is 2. The fourth-order valence-corrected chi connectivity index (χ4v) is 10.5. The van der Waals surface area contributed by atoms with Gasteiger partial charge in [-0.2, -0.15) is 0 Å². The molecule has 0 unspecified atom stereocenters. The summed E-state index contributed by atoms with van der Waals surface area (Å²) in [5.41, 5.74) is 7.38. The number of allylic oxidation sites excluding steroid dienone is 4. The maximum atomic E-state index is 14.5. The largest absolute Gasteiger partial charge is 0.268 e. The molecule has 64 heavy (non-hydrogen) atoms. The van der Waals surface area contributed by atoms with Gasteiger partial charge in [-0.1, -0.05) is 96.7 Å². The normalized spacial score (nSPS) is 14.7. The Morgan fingerprint density at radius 2 is 0.828 bits per heavy atom. The lowest BCUT2D eigenvalue weighted by Gasteiger charge is -2.31. The molecule has 0 saturated carbocycles. The van der Waals surface area contributed by atoms with Crippen LogP contribution in [0.3, 0.4) is 0 Å². The average Bonchev–Trinajstić information content (AvgIpc) is 3.26. The Bertz CT molecular complexity index is 2910. The number of amides is 4. The minimum atomic E-state index is -0.458. The zero-order valence-electron chi connectivity index (χ0n) is 37.3. The maximum Gasteiger partial charge on any atom is 0.266 e. The van der Waals surface area contributed by atoms with Crippen molar-refractivity contribution in [1.82, 2.24) is 0 Å². The number of hydrogen-bond acceptors (Lipinski definition) is 4. The highest BCUT2D eigenvalue weighted by molar-refractivity contribution is 6.52. The molecule has 0 aromatic heterocycles. The van der Waals surface area contributed by atoms with Gasteiger partial charge in [-0.3, -0.25) is 19.2 Å². The van der Waals surface area contributed by atoms with E-state index in [1.165, 1.54) is 20.9 Å². The van der Waals surface area contributed by atoms with E-state index in [-0.39, 0.29) is 0 Å². The number of hydrogen-bond donors (Lipinski definition) is 0. The molecule has 2 aliphatic heterocycles. The molecule has 7 aromatic carbocycles. The van der Waals surface area contributed by atoms with Crippen molar-refractivity contribution in [1.29, 1.82) is 0 Å². The van der Waals surface area contributed by atoms with Crippen LogP contribution in [0.15, 0.2) is 108 Å². The van der Waals surface area contributed by atoms with Gasteiger partial charge in [0.05, 0.1) is 22.5 Å². The van der Waals surface area contributed by atoms with Crippen molar-refractivity contribution in [2.75, 3.05) is 9.80 Å². The van der Waals surface area contributed by atoms with E-state index in [0.717, 1.165) is 62.5 Å². The van der Waals surface area contributed by atoms with Crippen LogP contribution in [0.2, 0.25) is 10.0 Å². The summed E-state index contributed by atoms with van der Waals surface area (Å²) < 4.78 is 0. The van der Waals surface area contributed by atoms with Crippen molar-refractivity contribution in [3.8, 4) is 0 Å². The van der Waals surface area contributed by atoms with Crippen LogP contribution in [0.25, 0.3) is 43.1 Å². The fraction of sp³-hybridized carbons (Fsp3) is 0.286. The van der Waals surface area contributed by atoms with E-state index in [4.69, 9.17) is 23.2 Å². The van der Waals surface area contributed by atoms with Crippen molar-refractivity contribution in [2.45, 2.75) is 92.9 Å². The van der Waals surface area contributed by atoms with Gasteiger partial charge < -0.3 is 0 Å². The SMILES string of the molecule is CC(C)=CCC[C@H](C)CCc1ccc(N2C(=O)c3ccc4c5c(Cl)cc6c7c(ccc(c8c(Cl)cc(c3c48)C2=O)c75)C(=O)N(c2ccc(CC[C@@H](C)CCC=C(C)C)cc2)C6=O)cc1. The molecule has 0 aliphatic carbocycles. The van der Waals surface area contributed by atoms with Crippen LogP contribution in [0, 0.1) is 11.8 Å². The van der Waals surface area contributed by atoms with Crippen LogP contribution in [0.1, 0.15) is 133 Å². The summed E-state index contributed by atoms with van der Waals surface area (Å²) >= 11 is 14.4. The summed E-state index contributed by atoms with van der Waals surface area (Å²) in [5.74, 6) is -0.605. The molecule has 8 heteroatoms. The summed E-state index contributed by atoms with van der Waals surface area (Å²) in [5, 5.41) is 5.55. The molecule has 9 rings (SSSR count). The number of fused-ring (bicyclic) bond motifs is 2. The van der Waals surface area contributed by atoms with Crippen LogP contribution in [0.4, 0.5) is 11.4 Å². The van der Waals surface area contributed by atoms with Gasteiger partial charge in [0, 0.05) is 53.5 Å². The number of halogens is 2. The highest BCUT2D eigenvalue weighted by Gasteiger charge is 2.39. The van der Waals surface area contributed by atoms with Crippen molar-refractivity contribution in [3.05, 3.63) is 152 Å². The van der Waals surface area contributed by atoms with Crippen LogP contribution >= 0.6 is 23.2 Å². The van der Waals surface area contributed by atoms with Crippen LogP contribution in [-0.4, -0.2) is 23.6 Å². The monoisotopic (exact) mass is 886 g/mol. The van der Waals surface area contributed by atoms with E-state index in [0.29, 0.717) is 98.6 Å². The molecule has 6 nitrogen and oxygen atoms in total. The van der Waals surface area contributed by atoms with Crippen molar-refractivity contribution in [2.24, 2.45) is 11.8 Å². The third kappa shape index (κ3) is 7.58. The lowest BCUT2D eigenvalue weighted by molar-refractivity contribution is 0.0877. The molecule has 0 bridgehead atoms. The molecule has 7 aromatic rings. The van der Waals surface area contributed by atoms with E-state index in [2.05, 4.69) is 53.7 Å². The van der Waals surface area contributed by atoms with Crippen LogP contribution in [0.5, 0.6) is 0 Å². The molecule has 0 spiro atoms. The van der Waals surface area contributed by atoms with E-state index >= 15 is 0 Å². The Morgan fingerprint density at radius 1 is 0.469 bits per heavy atom. The molecule has 2 atom stereocenters. The topological polar surface area (TPSA) is 74.8 Å². The highest BCUT2D eigenvalue weighted by Crippen LogP contribution is 2.51. The summed E-state index contributed by atoms with van der Waals surface area (Å²) in [6, 6.07) is 25.9. The predicted octanol–water partition coefficient (Wildman–Crippen LogP) is 15.3. The summed E-state index contributed by atoms with van der Waals surface area (Å²) in [6.45, 7) is 13.1. The summed E-state index contributed by atoms with van der Waals surface area (Å²) in [6.07, 6.45) is 12.9. The second kappa shape index (κ2) is 17.3. The first-order valence-electron chi connectivity index (χ1n) is 22.5. The molecule has 0 N–H and O–H groups in total. The van der Waals surface area contributed by atoms with Gasteiger partial charge in [-0.15, -0.1) is 0 Å². The van der Waals surface area contributed by atoms with E-state index in [1.54, 1.807) is 24.3 Å². The number of imide groups is 2. The van der Waals surface area contributed by atoms with E-state index in [1.807, 2.05) is 60.7 Å². The number of rotatable bonds is 14. The minimum Gasteiger partial charge on any atom is -0.268 e. The Morgan fingerprint density at radius 3 is 1.19 bits per heavy atom. The summed E-state index contributed by atoms with van der Waals surface area (Å²) in [4.78, 5) is 60.3. The van der Waals surface area contributed by atoms with Crippen molar-refractivity contribution in [3.63, 3.8) is 0 Å². The lowest BCUT2D eigenvalue weighted by atomic mass is 9.82. The Balaban J connectivity index is 1.04. The van der Waals surface area contributed by atoms with Gasteiger partial charge in [0.1, 0.15) is 0 Å². The van der Waals surface area contributed by atoms with Gasteiger partial charge in [0.2, 0.25) is 0 Å². The quantitative estimate of drug-likeness (QED) is 0.0472. The Kier molecular flexibility index (Phi) is 11.7. The zero-order valence-corrected chi connectivity index (χ0v) is 38.8. The number of carbonyl (C=O) groups excluding carboxylic acids is 4. The molecule has 324 valence electrons. The van der Waals surface area contributed by atoms with Crippen LogP contribution < -0.4 is 9.80 Å². The predicted molar refractivity (Wildman–Crippen MR) is 265 cm³/mol. The third-order valence-electron chi connectivity index (χ3n) is 13.4. The Hall–Kier alpha value is -5.82. The lowest BCUT2D eigenvalue weighted by Crippen LogP contribution is -2.40. The zero-order chi connectivity index (χ0) is 45.1. The third-order valence-corrected chi connectivity index (χ3v) is 14.0. The molecular weight excluding hydrogens is 836 g/mol. The van der Waals surface area contributed by atoms with Crippen molar-refractivity contribution < 1.29 is 19.2 Å².